The lowest BCUT2D eigenvalue weighted by Crippen LogP contribution is -2.33. The topological polar surface area (TPSA) is 72.1 Å². The van der Waals surface area contributed by atoms with Crippen LogP contribution in [-0.4, -0.2) is 34.1 Å². The van der Waals surface area contributed by atoms with Gasteiger partial charge in [0, 0.05) is 13.1 Å². The van der Waals surface area contributed by atoms with Crippen molar-refractivity contribution in [3.8, 4) is 0 Å². The minimum Gasteiger partial charge on any atom is -0.382 e. The van der Waals surface area contributed by atoms with Crippen LogP contribution in [0.2, 0.25) is 0 Å². The second kappa shape index (κ2) is 5.99. The van der Waals surface area contributed by atoms with Crippen molar-refractivity contribution in [1.82, 2.24) is 15.1 Å². The number of likely N-dealkylation sites (tertiary alicyclic amines) is 1. The predicted molar refractivity (Wildman–Crippen MR) is 74.5 cm³/mol. The number of amides is 1. The first-order valence-corrected chi connectivity index (χ1v) is 6.96. The number of hydrogen-bond donors (Lipinski definition) is 1. The zero-order valence-electron chi connectivity index (χ0n) is 11.7. The monoisotopic (exact) mass is 262 g/mol. The molecule has 0 bridgehead atoms. The van der Waals surface area contributed by atoms with Crippen LogP contribution >= 0.6 is 0 Å². The van der Waals surface area contributed by atoms with Gasteiger partial charge >= 0.3 is 0 Å². The van der Waals surface area contributed by atoms with E-state index >= 15 is 0 Å². The number of nitrogens with zero attached hydrogens (tertiary/aromatic N) is 3. The van der Waals surface area contributed by atoms with Crippen LogP contribution in [0.15, 0.2) is 12.1 Å². The number of anilines is 1. The maximum atomic E-state index is 12.3. The molecular formula is C14H22N4O. The minimum absolute atomic E-state index is 0.0306. The third kappa shape index (κ3) is 3.43. The molecule has 1 aliphatic heterocycles. The van der Waals surface area contributed by atoms with Crippen molar-refractivity contribution in [1.29, 1.82) is 0 Å². The molecule has 1 atom stereocenters. The molecule has 1 amide bonds. The van der Waals surface area contributed by atoms with Gasteiger partial charge in [0.15, 0.2) is 5.69 Å². The average Bonchev–Trinajstić information content (AvgIpc) is 2.64. The Balaban J connectivity index is 2.02. The quantitative estimate of drug-likeness (QED) is 0.884. The molecule has 5 nitrogen and oxygen atoms in total. The van der Waals surface area contributed by atoms with Gasteiger partial charge in [-0.1, -0.05) is 13.8 Å². The van der Waals surface area contributed by atoms with Gasteiger partial charge in [-0.25, -0.2) is 0 Å². The van der Waals surface area contributed by atoms with Crippen molar-refractivity contribution >= 4 is 11.7 Å². The van der Waals surface area contributed by atoms with E-state index in [0.717, 1.165) is 31.8 Å². The van der Waals surface area contributed by atoms with Crippen LogP contribution in [-0.2, 0) is 0 Å². The molecule has 19 heavy (non-hydrogen) atoms. The summed E-state index contributed by atoms with van der Waals surface area (Å²) in [7, 11) is 0. The first kappa shape index (κ1) is 13.8. The Morgan fingerprint density at radius 3 is 2.74 bits per heavy atom. The van der Waals surface area contributed by atoms with E-state index in [1.165, 1.54) is 6.42 Å². The zero-order chi connectivity index (χ0) is 13.8. The summed E-state index contributed by atoms with van der Waals surface area (Å²) in [6.07, 6.45) is 3.34. The first-order chi connectivity index (χ1) is 9.08. The molecule has 1 aliphatic rings. The third-order valence-electron chi connectivity index (χ3n) is 3.91. The lowest BCUT2D eigenvalue weighted by Gasteiger charge is -2.21. The molecule has 0 aliphatic carbocycles. The van der Waals surface area contributed by atoms with E-state index in [4.69, 9.17) is 5.73 Å². The standard InChI is InChI=1S/C14H22N4O/c1-10(2)11-4-3-8-18(9-7-11)14(19)12-5-6-13(15)17-16-12/h5-6,10-11H,3-4,7-9H2,1-2H3,(H2,15,17). The normalized spacial score (nSPS) is 20.4. The summed E-state index contributed by atoms with van der Waals surface area (Å²) < 4.78 is 0. The van der Waals surface area contributed by atoms with Gasteiger partial charge in [0.1, 0.15) is 5.82 Å². The summed E-state index contributed by atoms with van der Waals surface area (Å²) in [5.74, 6) is 1.71. The Labute approximate surface area is 114 Å². The fourth-order valence-electron chi connectivity index (χ4n) is 2.61. The molecule has 0 radical (unpaired) electrons. The highest BCUT2D eigenvalue weighted by molar-refractivity contribution is 5.92. The molecule has 1 unspecified atom stereocenters. The Kier molecular flexibility index (Phi) is 4.35. The van der Waals surface area contributed by atoms with Gasteiger partial charge in [0.2, 0.25) is 0 Å². The van der Waals surface area contributed by atoms with Crippen LogP contribution in [0.4, 0.5) is 5.82 Å². The van der Waals surface area contributed by atoms with Crippen LogP contribution in [0.5, 0.6) is 0 Å². The number of carbonyl (C=O) groups excluding carboxylic acids is 1. The van der Waals surface area contributed by atoms with Crippen molar-refractivity contribution in [2.24, 2.45) is 11.8 Å². The molecule has 0 saturated carbocycles. The highest BCUT2D eigenvalue weighted by Gasteiger charge is 2.23. The molecule has 104 valence electrons. The number of hydrogen-bond acceptors (Lipinski definition) is 4. The average molecular weight is 262 g/mol. The summed E-state index contributed by atoms with van der Waals surface area (Å²) >= 11 is 0. The van der Waals surface area contributed by atoms with E-state index in [2.05, 4.69) is 24.0 Å². The Morgan fingerprint density at radius 1 is 1.32 bits per heavy atom. The van der Waals surface area contributed by atoms with Crippen molar-refractivity contribution in [2.45, 2.75) is 33.1 Å². The van der Waals surface area contributed by atoms with Crippen LogP contribution in [0.25, 0.3) is 0 Å². The van der Waals surface area contributed by atoms with Crippen LogP contribution < -0.4 is 5.73 Å². The van der Waals surface area contributed by atoms with Crippen LogP contribution in [0.1, 0.15) is 43.6 Å². The number of rotatable bonds is 2. The second-order valence-corrected chi connectivity index (χ2v) is 5.57. The van der Waals surface area contributed by atoms with Gasteiger partial charge in [0.05, 0.1) is 0 Å². The molecule has 1 aromatic rings. The summed E-state index contributed by atoms with van der Waals surface area (Å²) in [5.41, 5.74) is 5.87. The molecule has 5 heteroatoms. The molecule has 1 saturated heterocycles. The molecule has 1 aromatic heterocycles. The molecule has 0 aromatic carbocycles. The van der Waals surface area contributed by atoms with Crippen molar-refractivity contribution in [3.63, 3.8) is 0 Å². The molecule has 2 N–H and O–H groups in total. The van der Waals surface area contributed by atoms with Crippen molar-refractivity contribution in [2.75, 3.05) is 18.8 Å². The second-order valence-electron chi connectivity index (χ2n) is 5.57. The van der Waals surface area contributed by atoms with Gasteiger partial charge in [-0.2, -0.15) is 0 Å². The molecule has 0 spiro atoms. The van der Waals surface area contributed by atoms with E-state index in [0.29, 0.717) is 17.4 Å². The highest BCUT2D eigenvalue weighted by Crippen LogP contribution is 2.25. The smallest absolute Gasteiger partial charge is 0.274 e. The molecule has 2 heterocycles. The van der Waals surface area contributed by atoms with Gasteiger partial charge in [-0.15, -0.1) is 10.2 Å². The van der Waals surface area contributed by atoms with E-state index in [-0.39, 0.29) is 5.91 Å². The van der Waals surface area contributed by atoms with E-state index in [1.54, 1.807) is 12.1 Å². The van der Waals surface area contributed by atoms with Gasteiger partial charge in [0.25, 0.3) is 5.91 Å². The predicted octanol–water partition coefficient (Wildman–Crippen LogP) is 1.96. The van der Waals surface area contributed by atoms with Gasteiger partial charge < -0.3 is 10.6 Å². The summed E-state index contributed by atoms with van der Waals surface area (Å²) in [6, 6.07) is 3.27. The Bertz CT molecular complexity index is 430. The molecule has 1 fully saturated rings. The van der Waals surface area contributed by atoms with Crippen LogP contribution in [0.3, 0.4) is 0 Å². The van der Waals surface area contributed by atoms with Gasteiger partial charge in [-0.3, -0.25) is 4.79 Å². The molecule has 2 rings (SSSR count). The third-order valence-corrected chi connectivity index (χ3v) is 3.91. The maximum absolute atomic E-state index is 12.3. The summed E-state index contributed by atoms with van der Waals surface area (Å²) in [4.78, 5) is 14.2. The summed E-state index contributed by atoms with van der Waals surface area (Å²) in [5, 5.41) is 7.61. The van der Waals surface area contributed by atoms with E-state index in [1.807, 2.05) is 4.90 Å². The Morgan fingerprint density at radius 2 is 2.11 bits per heavy atom. The largest absolute Gasteiger partial charge is 0.382 e. The molecular weight excluding hydrogens is 240 g/mol. The fraction of sp³-hybridized carbons (Fsp3) is 0.643. The number of aromatic nitrogens is 2. The maximum Gasteiger partial charge on any atom is 0.274 e. The van der Waals surface area contributed by atoms with Gasteiger partial charge in [-0.05, 0) is 43.2 Å². The van der Waals surface area contributed by atoms with Crippen molar-refractivity contribution < 1.29 is 4.79 Å². The Hall–Kier alpha value is -1.65. The minimum atomic E-state index is -0.0306. The number of carbonyl (C=O) groups is 1. The SMILES string of the molecule is CC(C)C1CCCN(C(=O)c2ccc(N)nn2)CC1. The number of nitrogens with two attached hydrogens (primary N) is 1. The lowest BCUT2D eigenvalue weighted by molar-refractivity contribution is 0.0752. The first-order valence-electron chi connectivity index (χ1n) is 6.96. The summed E-state index contributed by atoms with van der Waals surface area (Å²) in [6.45, 7) is 6.14. The van der Waals surface area contributed by atoms with E-state index < -0.39 is 0 Å². The highest BCUT2D eigenvalue weighted by atomic mass is 16.2. The van der Waals surface area contributed by atoms with Crippen LogP contribution in [0, 0.1) is 11.8 Å². The zero-order valence-corrected chi connectivity index (χ0v) is 11.7. The fourth-order valence-corrected chi connectivity index (χ4v) is 2.61. The van der Waals surface area contributed by atoms with E-state index in [9.17, 15) is 4.79 Å². The lowest BCUT2D eigenvalue weighted by atomic mass is 9.89. The van der Waals surface area contributed by atoms with Crippen molar-refractivity contribution in [3.05, 3.63) is 17.8 Å². The number of nitrogen functional groups attached to an aromatic ring is 1.